The number of benzene rings is 2. The molecule has 2 aromatic carbocycles. The van der Waals surface area contributed by atoms with E-state index in [0.717, 1.165) is 16.5 Å². The Morgan fingerprint density at radius 1 is 0.962 bits per heavy atom. The number of aromatic amines is 1. The van der Waals surface area contributed by atoms with Crippen LogP contribution >= 0.6 is 0 Å². The highest BCUT2D eigenvalue weighted by molar-refractivity contribution is 6.12. The monoisotopic (exact) mass is 708 g/mol. The number of aliphatic hydroxyl groups excluding tert-OH is 1. The topological polar surface area (TPSA) is 182 Å². The van der Waals surface area contributed by atoms with Crippen LogP contribution in [0.25, 0.3) is 10.9 Å². The average Bonchev–Trinajstić information content (AvgIpc) is 3.48. The molecule has 1 aromatic heterocycles. The Bertz CT molecular complexity index is 2150. The van der Waals surface area contributed by atoms with Crippen LogP contribution in [-0.2, 0) is 30.3 Å². The third-order valence-electron chi connectivity index (χ3n) is 13.7. The van der Waals surface area contributed by atoms with Gasteiger partial charge in [0.05, 0.1) is 35.7 Å². The summed E-state index contributed by atoms with van der Waals surface area (Å²) in [5.41, 5.74) is 0.723. The minimum absolute atomic E-state index is 0.0742. The van der Waals surface area contributed by atoms with E-state index >= 15 is 9.59 Å². The van der Waals surface area contributed by atoms with Gasteiger partial charge in [0, 0.05) is 46.1 Å². The van der Waals surface area contributed by atoms with Crippen molar-refractivity contribution in [3.63, 3.8) is 0 Å². The second kappa shape index (κ2) is 11.0. The van der Waals surface area contributed by atoms with Crippen LogP contribution in [0.2, 0.25) is 0 Å². The van der Waals surface area contributed by atoms with Crippen molar-refractivity contribution in [3.05, 3.63) is 76.5 Å². The number of allylic oxidation sites excluding steroid dienone is 2. The third-order valence-corrected chi connectivity index (χ3v) is 13.7. The number of hydrogen-bond acceptors (Lipinski definition) is 9. The molecule has 3 aromatic rings. The number of H-pyrrole nitrogens is 1. The summed E-state index contributed by atoms with van der Waals surface area (Å²) >= 11 is 0. The zero-order chi connectivity index (χ0) is 36.8. The molecule has 11 nitrogen and oxygen atoms in total. The van der Waals surface area contributed by atoms with E-state index in [2.05, 4.69) is 10.3 Å². The minimum atomic E-state index is -1.70. The lowest BCUT2D eigenvalue weighted by Gasteiger charge is -2.48. The molecule has 52 heavy (non-hydrogen) atoms. The molecule has 1 spiro atoms. The number of para-hydroxylation sites is 1. The number of phenolic OH excluding ortho intramolecular Hbond substituents is 3. The summed E-state index contributed by atoms with van der Waals surface area (Å²) in [4.78, 5) is 49.0. The Hall–Kier alpha value is -4.45. The molecular formula is C41H44N2O9. The van der Waals surface area contributed by atoms with Crippen LogP contribution in [-0.4, -0.2) is 66.7 Å². The number of Topliss-reactive ketones (excluding diaryl/α,β-unsaturated/α-hetero) is 2. The maximum absolute atomic E-state index is 16.0. The highest BCUT2D eigenvalue weighted by atomic mass is 16.6. The number of phenols is 3. The van der Waals surface area contributed by atoms with Gasteiger partial charge in [-0.2, -0.15) is 0 Å². The van der Waals surface area contributed by atoms with Gasteiger partial charge in [0.2, 0.25) is 11.7 Å². The van der Waals surface area contributed by atoms with Gasteiger partial charge in [-0.1, -0.05) is 50.3 Å². The summed E-state index contributed by atoms with van der Waals surface area (Å²) in [6.07, 6.45) is 4.36. The van der Waals surface area contributed by atoms with E-state index < -0.39 is 99.9 Å². The molecule has 272 valence electrons. The predicted octanol–water partition coefficient (Wildman–Crippen LogP) is 4.76. The van der Waals surface area contributed by atoms with Crippen molar-refractivity contribution in [2.75, 3.05) is 0 Å². The molecule has 1 saturated carbocycles. The van der Waals surface area contributed by atoms with Gasteiger partial charge < -0.3 is 40.2 Å². The lowest BCUT2D eigenvalue weighted by molar-refractivity contribution is -0.155. The normalized spacial score (nSPS) is 42.1. The number of fused-ring (bicyclic) bond motifs is 11. The summed E-state index contributed by atoms with van der Waals surface area (Å²) in [7, 11) is 0. The number of ketones is 2. The maximum atomic E-state index is 16.0. The Morgan fingerprint density at radius 3 is 2.46 bits per heavy atom. The first-order valence-electron chi connectivity index (χ1n) is 18.3. The zero-order valence-corrected chi connectivity index (χ0v) is 29.7. The predicted molar refractivity (Wildman–Crippen MR) is 188 cm³/mol. The fourth-order valence-corrected chi connectivity index (χ4v) is 11.1. The Kier molecular flexibility index (Phi) is 7.09. The molecule has 3 saturated heterocycles. The van der Waals surface area contributed by atoms with Gasteiger partial charge >= 0.3 is 0 Å². The highest BCUT2D eigenvalue weighted by Gasteiger charge is 2.80. The first kappa shape index (κ1) is 33.4. The van der Waals surface area contributed by atoms with Crippen molar-refractivity contribution in [2.24, 2.45) is 40.9 Å². The molecule has 5 heterocycles. The number of carbonyl (C=O) groups is 3. The van der Waals surface area contributed by atoms with Crippen LogP contribution in [0.3, 0.4) is 0 Å². The Balaban J connectivity index is 1.26. The fourth-order valence-electron chi connectivity index (χ4n) is 11.1. The molecule has 11 heteroatoms. The molecule has 0 radical (unpaired) electrons. The molecule has 0 unspecified atom stereocenters. The SMILES string of the molecule is C/C1=C/[C@@H](C)C/C=C\[C@H]2[C@@H]3O[C@]3(C)[C@@H](C)[C@H]3[C@H](Cc4c[nH]c5ccccc45)NC(=O)[C@]32C(=O)[C@H]2[C@H](C(=O)[C@@H]1O)[C@H]1O[C@@H]2c2c(O)c(O)c(O)c(C)c21. The maximum Gasteiger partial charge on any atom is 0.235 e. The minimum Gasteiger partial charge on any atom is -0.504 e. The van der Waals surface area contributed by atoms with Crippen LogP contribution in [0.1, 0.15) is 68.6 Å². The molecule has 6 N–H and O–H groups in total. The summed E-state index contributed by atoms with van der Waals surface area (Å²) in [6, 6.07) is 7.47. The van der Waals surface area contributed by atoms with E-state index in [0.29, 0.717) is 24.0 Å². The van der Waals surface area contributed by atoms with Gasteiger partial charge in [-0.25, -0.2) is 0 Å². The van der Waals surface area contributed by atoms with Crippen molar-refractivity contribution in [1.29, 1.82) is 0 Å². The number of epoxide rings is 1. The summed E-state index contributed by atoms with van der Waals surface area (Å²) in [5.74, 6) is -7.63. The molecule has 1 amide bonds. The largest absolute Gasteiger partial charge is 0.504 e. The lowest BCUT2D eigenvalue weighted by Crippen LogP contribution is -2.61. The van der Waals surface area contributed by atoms with Crippen LogP contribution in [0.4, 0.5) is 0 Å². The van der Waals surface area contributed by atoms with Crippen molar-refractivity contribution in [2.45, 2.75) is 83.5 Å². The molecule has 6 aliphatic rings. The van der Waals surface area contributed by atoms with Gasteiger partial charge in [-0.3, -0.25) is 14.4 Å². The zero-order valence-electron chi connectivity index (χ0n) is 29.7. The van der Waals surface area contributed by atoms with Crippen molar-refractivity contribution in [1.82, 2.24) is 10.3 Å². The lowest BCUT2D eigenvalue weighted by atomic mass is 9.49. The van der Waals surface area contributed by atoms with Crippen LogP contribution < -0.4 is 5.32 Å². The van der Waals surface area contributed by atoms with Gasteiger partial charge in [0.25, 0.3) is 0 Å². The molecule has 9 rings (SSSR count). The molecule has 2 bridgehead atoms. The highest BCUT2D eigenvalue weighted by Crippen LogP contribution is 2.70. The Labute approximate surface area is 300 Å². The molecule has 4 aliphatic heterocycles. The van der Waals surface area contributed by atoms with Crippen molar-refractivity contribution in [3.8, 4) is 17.2 Å². The first-order valence-corrected chi connectivity index (χ1v) is 18.3. The number of amides is 1. The average molecular weight is 709 g/mol. The van der Waals surface area contributed by atoms with Gasteiger partial charge in [0.1, 0.15) is 11.5 Å². The van der Waals surface area contributed by atoms with Gasteiger partial charge in [-0.05, 0) is 68.2 Å². The van der Waals surface area contributed by atoms with Crippen LogP contribution in [0.5, 0.6) is 17.2 Å². The van der Waals surface area contributed by atoms with Crippen LogP contribution in [0.15, 0.2) is 54.3 Å². The second-order valence-corrected chi connectivity index (χ2v) is 16.3. The number of nitrogens with one attached hydrogen (secondary N) is 2. The van der Waals surface area contributed by atoms with Crippen molar-refractivity contribution < 1.29 is 44.3 Å². The second-order valence-electron chi connectivity index (χ2n) is 16.3. The van der Waals surface area contributed by atoms with E-state index in [4.69, 9.17) is 9.47 Å². The van der Waals surface area contributed by atoms with Crippen LogP contribution in [0, 0.1) is 47.8 Å². The Morgan fingerprint density at radius 2 is 1.69 bits per heavy atom. The van der Waals surface area contributed by atoms with Gasteiger partial charge in [-0.15, -0.1) is 0 Å². The number of hydrogen-bond donors (Lipinski definition) is 6. The van der Waals surface area contributed by atoms with Crippen molar-refractivity contribution >= 4 is 28.4 Å². The standard InChI is InChI=1S/C41H44N2O9/c1-16-9-8-11-22-38-40(5,52-38)19(4)29-24(14-20-15-42-23-12-7-6-10-21(20)23)43-39(50)41(22,29)37(49)28-27(32(46)30(44)17(2)13-16)35-25-18(3)31(45)34(48)33(47)26(25)36(28)51-35/h6-8,10-13,15-16,19,22,24,27-30,35-36,38,42,44-45,47-48H,9,14H2,1-5H3,(H,43,50)/b11-8-,17-13-/t16-,19-,22-,24-,27+,28-,29-,30+,35-,36+,38-,40+,41-/m0/s1. The number of aromatic hydroxyl groups is 3. The van der Waals surface area contributed by atoms with E-state index in [1.807, 2.05) is 69.5 Å². The molecule has 2 aliphatic carbocycles. The number of aromatic nitrogens is 1. The third kappa shape index (κ3) is 4.10. The number of carbonyl (C=O) groups excluding carboxylic acids is 3. The number of aliphatic hydroxyl groups is 1. The summed E-state index contributed by atoms with van der Waals surface area (Å²) < 4.78 is 13.0. The number of rotatable bonds is 2. The van der Waals surface area contributed by atoms with E-state index in [1.54, 1.807) is 13.8 Å². The number of ether oxygens (including phenoxy) is 2. The summed E-state index contributed by atoms with van der Waals surface area (Å²) in [6.45, 7) is 9.29. The molecular weight excluding hydrogens is 664 g/mol. The quantitative estimate of drug-likeness (QED) is 0.0947. The molecule has 13 atom stereocenters. The first-order chi connectivity index (χ1) is 24.7. The smallest absolute Gasteiger partial charge is 0.235 e. The van der Waals surface area contributed by atoms with E-state index in [9.17, 15) is 25.2 Å². The van der Waals surface area contributed by atoms with Gasteiger partial charge in [0.15, 0.2) is 23.1 Å². The fraction of sp³-hybridized carbons (Fsp3) is 0.488. The van der Waals surface area contributed by atoms with E-state index in [-0.39, 0.29) is 23.0 Å². The van der Waals surface area contributed by atoms with E-state index in [1.165, 1.54) is 0 Å². The molecule has 4 fully saturated rings. The summed E-state index contributed by atoms with van der Waals surface area (Å²) in [5, 5.41) is 48.6.